The fraction of sp³-hybridized carbons (Fsp3) is 0.316. The van der Waals surface area contributed by atoms with Crippen molar-refractivity contribution in [2.45, 2.75) is 38.7 Å². The molecule has 6 nitrogen and oxygen atoms in total. The third kappa shape index (κ3) is 4.54. The van der Waals surface area contributed by atoms with E-state index >= 15 is 0 Å². The number of nitrogens with one attached hydrogen (secondary N) is 2. The average molecular weight is 376 g/mol. The average Bonchev–Trinajstić information content (AvgIpc) is 2.57. The van der Waals surface area contributed by atoms with E-state index in [1.54, 1.807) is 6.92 Å². The molecule has 0 fully saturated rings. The Morgan fingerprint density at radius 1 is 1.04 bits per heavy atom. The van der Waals surface area contributed by atoms with Gasteiger partial charge in [0.25, 0.3) is 15.9 Å². The minimum absolute atomic E-state index is 0.122. The van der Waals surface area contributed by atoms with Gasteiger partial charge in [0.1, 0.15) is 5.75 Å². The van der Waals surface area contributed by atoms with Crippen LogP contribution in [0.2, 0.25) is 0 Å². The first-order valence-electron chi connectivity index (χ1n) is 8.23. The molecule has 2 rings (SSSR count). The summed E-state index contributed by atoms with van der Waals surface area (Å²) >= 11 is 0. The molecule has 0 aliphatic heterocycles. The number of carbonyl (C=O) groups excluding carboxylic acids is 1. The maximum atomic E-state index is 12.7. The van der Waals surface area contributed by atoms with Gasteiger partial charge in [-0.2, -0.15) is 0 Å². The van der Waals surface area contributed by atoms with Crippen LogP contribution in [0.25, 0.3) is 0 Å². The highest BCUT2D eigenvalue weighted by Gasteiger charge is 2.18. The summed E-state index contributed by atoms with van der Waals surface area (Å²) in [5, 5.41) is 2.49. The number of sulfonamides is 1. The third-order valence-corrected chi connectivity index (χ3v) is 5.34. The van der Waals surface area contributed by atoms with Crippen LogP contribution < -0.4 is 14.8 Å². The molecular weight excluding hydrogens is 352 g/mol. The Hall–Kier alpha value is -2.54. The van der Waals surface area contributed by atoms with Crippen molar-refractivity contribution < 1.29 is 17.9 Å². The lowest BCUT2D eigenvalue weighted by atomic mass is 10.1. The van der Waals surface area contributed by atoms with Gasteiger partial charge in [0.15, 0.2) is 6.10 Å². The number of aryl methyl sites for hydroxylation is 3. The molecule has 0 aliphatic carbocycles. The van der Waals surface area contributed by atoms with Gasteiger partial charge in [-0.1, -0.05) is 17.7 Å². The smallest absolute Gasteiger partial charge is 0.261 e. The van der Waals surface area contributed by atoms with E-state index in [0.717, 1.165) is 16.7 Å². The Kier molecular flexibility index (Phi) is 5.92. The van der Waals surface area contributed by atoms with Crippen molar-refractivity contribution in [2.24, 2.45) is 0 Å². The van der Waals surface area contributed by atoms with Crippen molar-refractivity contribution in [1.82, 2.24) is 5.32 Å². The van der Waals surface area contributed by atoms with Crippen LogP contribution in [0.3, 0.4) is 0 Å². The lowest BCUT2D eigenvalue weighted by Gasteiger charge is -2.15. The number of hydrogen-bond acceptors (Lipinski definition) is 4. The minimum atomic E-state index is -3.72. The molecule has 26 heavy (non-hydrogen) atoms. The zero-order valence-corrected chi connectivity index (χ0v) is 16.4. The zero-order chi connectivity index (χ0) is 19.5. The molecule has 0 aliphatic rings. The first-order valence-corrected chi connectivity index (χ1v) is 9.71. The fourth-order valence-electron chi connectivity index (χ4n) is 2.69. The molecule has 0 saturated heterocycles. The van der Waals surface area contributed by atoms with Gasteiger partial charge in [0, 0.05) is 7.05 Å². The summed E-state index contributed by atoms with van der Waals surface area (Å²) in [6.45, 7) is 7.33. The Morgan fingerprint density at radius 2 is 1.58 bits per heavy atom. The van der Waals surface area contributed by atoms with Gasteiger partial charge in [-0.05, 0) is 63.1 Å². The molecule has 2 N–H and O–H groups in total. The molecule has 0 unspecified atom stereocenters. The monoisotopic (exact) mass is 376 g/mol. The van der Waals surface area contributed by atoms with Gasteiger partial charge in [0.2, 0.25) is 0 Å². The van der Waals surface area contributed by atoms with Gasteiger partial charge in [-0.15, -0.1) is 0 Å². The largest absolute Gasteiger partial charge is 0.481 e. The summed E-state index contributed by atoms with van der Waals surface area (Å²) in [7, 11) is -2.20. The Labute approximate surface area is 154 Å². The summed E-state index contributed by atoms with van der Waals surface area (Å²) in [6.07, 6.45) is -0.668. The molecule has 0 bridgehead atoms. The number of anilines is 1. The molecule has 0 spiro atoms. The lowest BCUT2D eigenvalue weighted by molar-refractivity contribution is -0.126. The molecule has 2 aromatic carbocycles. The number of ether oxygens (including phenoxy) is 1. The molecular formula is C19H24N2O4S. The van der Waals surface area contributed by atoms with Crippen LogP contribution in [-0.2, 0) is 14.8 Å². The summed E-state index contributed by atoms with van der Waals surface area (Å²) in [5.74, 6) is 0.163. The predicted molar refractivity (Wildman–Crippen MR) is 102 cm³/mol. The standard InChI is InChI=1S/C19H24N2O4S/c1-12-10-13(2)18(14(3)11-12)21-26(23,24)17-8-6-16(7-9-17)25-15(4)19(22)20-5/h6-11,15,21H,1-5H3,(H,20,22)/t15-/m0/s1. The topological polar surface area (TPSA) is 84.5 Å². The summed E-state index contributed by atoms with van der Waals surface area (Å²) in [4.78, 5) is 11.6. The normalized spacial score (nSPS) is 12.3. The zero-order valence-electron chi connectivity index (χ0n) is 15.6. The van der Waals surface area contributed by atoms with Crippen molar-refractivity contribution in [2.75, 3.05) is 11.8 Å². The van der Waals surface area contributed by atoms with Gasteiger partial charge < -0.3 is 10.1 Å². The first-order chi connectivity index (χ1) is 12.1. The second-order valence-electron chi connectivity index (χ2n) is 6.22. The fourth-order valence-corrected chi connectivity index (χ4v) is 3.90. The number of hydrogen-bond donors (Lipinski definition) is 2. The quantitative estimate of drug-likeness (QED) is 0.812. The van der Waals surface area contributed by atoms with Gasteiger partial charge >= 0.3 is 0 Å². The summed E-state index contributed by atoms with van der Waals surface area (Å²) in [5.41, 5.74) is 3.40. The van der Waals surface area contributed by atoms with Crippen molar-refractivity contribution in [3.05, 3.63) is 53.1 Å². The maximum absolute atomic E-state index is 12.7. The Morgan fingerprint density at radius 3 is 2.08 bits per heavy atom. The van der Waals surface area contributed by atoms with E-state index in [1.165, 1.54) is 31.3 Å². The van der Waals surface area contributed by atoms with Gasteiger partial charge in [0.05, 0.1) is 10.6 Å². The number of rotatable bonds is 6. The van der Waals surface area contributed by atoms with E-state index in [9.17, 15) is 13.2 Å². The highest BCUT2D eigenvalue weighted by Crippen LogP contribution is 2.26. The highest BCUT2D eigenvalue weighted by atomic mass is 32.2. The minimum Gasteiger partial charge on any atom is -0.481 e. The van der Waals surface area contributed by atoms with E-state index in [-0.39, 0.29) is 10.8 Å². The SMILES string of the molecule is CNC(=O)[C@H](C)Oc1ccc(S(=O)(=O)Nc2c(C)cc(C)cc2C)cc1. The van der Waals surface area contributed by atoms with Crippen LogP contribution in [0.1, 0.15) is 23.6 Å². The summed E-state index contributed by atoms with van der Waals surface area (Å²) in [6, 6.07) is 9.83. The van der Waals surface area contributed by atoms with Crippen LogP contribution in [0.4, 0.5) is 5.69 Å². The van der Waals surface area contributed by atoms with Crippen molar-refractivity contribution in [1.29, 1.82) is 0 Å². The molecule has 0 radical (unpaired) electrons. The Bertz CT molecular complexity index is 883. The molecule has 1 amide bonds. The highest BCUT2D eigenvalue weighted by molar-refractivity contribution is 7.92. The lowest BCUT2D eigenvalue weighted by Crippen LogP contribution is -2.33. The first kappa shape index (κ1) is 19.8. The second kappa shape index (κ2) is 7.78. The molecule has 0 heterocycles. The predicted octanol–water partition coefficient (Wildman–Crippen LogP) is 2.93. The number of carbonyl (C=O) groups is 1. The third-order valence-electron chi connectivity index (χ3n) is 3.98. The van der Waals surface area contributed by atoms with E-state index < -0.39 is 16.1 Å². The molecule has 1 atom stereocenters. The summed E-state index contributed by atoms with van der Waals surface area (Å²) < 4.78 is 33.5. The Balaban J connectivity index is 2.21. The van der Waals surface area contributed by atoms with Gasteiger partial charge in [-0.3, -0.25) is 9.52 Å². The van der Waals surface area contributed by atoms with E-state index in [1.807, 2.05) is 32.9 Å². The molecule has 0 saturated carbocycles. The number of amides is 1. The van der Waals surface area contributed by atoms with E-state index in [0.29, 0.717) is 11.4 Å². The van der Waals surface area contributed by atoms with E-state index in [4.69, 9.17) is 4.74 Å². The van der Waals surface area contributed by atoms with Crippen LogP contribution in [0.15, 0.2) is 41.3 Å². The molecule has 2 aromatic rings. The number of benzene rings is 2. The molecule has 7 heteroatoms. The van der Waals surface area contributed by atoms with Crippen LogP contribution >= 0.6 is 0 Å². The van der Waals surface area contributed by atoms with Crippen molar-refractivity contribution >= 4 is 21.6 Å². The van der Waals surface area contributed by atoms with Crippen LogP contribution in [0.5, 0.6) is 5.75 Å². The van der Waals surface area contributed by atoms with Gasteiger partial charge in [-0.25, -0.2) is 8.42 Å². The second-order valence-corrected chi connectivity index (χ2v) is 7.91. The maximum Gasteiger partial charge on any atom is 0.261 e. The van der Waals surface area contributed by atoms with Crippen LogP contribution in [0, 0.1) is 20.8 Å². The molecule has 140 valence electrons. The van der Waals surface area contributed by atoms with E-state index in [2.05, 4.69) is 10.0 Å². The van der Waals surface area contributed by atoms with Crippen LogP contribution in [-0.4, -0.2) is 27.5 Å². The molecule has 0 aromatic heterocycles. The van der Waals surface area contributed by atoms with Crippen molar-refractivity contribution in [3.63, 3.8) is 0 Å². The van der Waals surface area contributed by atoms with Crippen molar-refractivity contribution in [3.8, 4) is 5.75 Å². The number of likely N-dealkylation sites (N-methyl/N-ethyl adjacent to an activating group) is 1.